The SMILES string of the molecule is CCCCCCC/C=C\C/C=C\C/C=C\CCCCCCCCCCC(=O)OC(CO)COC(=O)CCCCCCCCCCCCCCCCCCCCCCCCCCC. The minimum absolute atomic E-state index is 0.0649. The molecular formula is C57H106O5. The molecule has 1 unspecified atom stereocenters. The van der Waals surface area contributed by atoms with Crippen LogP contribution >= 0.6 is 0 Å². The highest BCUT2D eigenvalue weighted by molar-refractivity contribution is 5.70. The summed E-state index contributed by atoms with van der Waals surface area (Å²) < 4.78 is 10.7. The lowest BCUT2D eigenvalue weighted by molar-refractivity contribution is -0.161. The maximum Gasteiger partial charge on any atom is 0.306 e. The molecule has 0 aliphatic carbocycles. The van der Waals surface area contributed by atoms with E-state index in [9.17, 15) is 14.7 Å². The Morgan fingerprint density at radius 2 is 0.645 bits per heavy atom. The Morgan fingerprint density at radius 1 is 0.371 bits per heavy atom. The van der Waals surface area contributed by atoms with Gasteiger partial charge in [0.05, 0.1) is 6.61 Å². The third-order valence-electron chi connectivity index (χ3n) is 12.4. The Kier molecular flexibility index (Phi) is 51.8. The number of aliphatic hydroxyl groups excluding tert-OH is 1. The largest absolute Gasteiger partial charge is 0.462 e. The number of carbonyl (C=O) groups is 2. The van der Waals surface area contributed by atoms with Crippen molar-refractivity contribution in [3.8, 4) is 0 Å². The van der Waals surface area contributed by atoms with Crippen molar-refractivity contribution in [3.63, 3.8) is 0 Å². The van der Waals surface area contributed by atoms with E-state index in [1.807, 2.05) is 0 Å². The van der Waals surface area contributed by atoms with Crippen LogP contribution in [0.2, 0.25) is 0 Å². The zero-order chi connectivity index (χ0) is 44.9. The Labute approximate surface area is 386 Å². The average Bonchev–Trinajstić information content (AvgIpc) is 3.28. The minimum Gasteiger partial charge on any atom is -0.462 e. The molecule has 1 atom stereocenters. The number of aliphatic hydroxyl groups is 1. The first-order valence-corrected chi connectivity index (χ1v) is 27.5. The van der Waals surface area contributed by atoms with Crippen LogP contribution in [0, 0.1) is 0 Å². The highest BCUT2D eigenvalue weighted by Crippen LogP contribution is 2.17. The summed E-state index contributed by atoms with van der Waals surface area (Å²) in [5, 5.41) is 9.64. The van der Waals surface area contributed by atoms with Crippen molar-refractivity contribution in [1.82, 2.24) is 0 Å². The number of hydrogen-bond donors (Lipinski definition) is 1. The molecule has 0 rings (SSSR count). The summed E-state index contributed by atoms with van der Waals surface area (Å²) in [5.74, 6) is -0.584. The van der Waals surface area contributed by atoms with Crippen molar-refractivity contribution >= 4 is 11.9 Å². The van der Waals surface area contributed by atoms with Crippen molar-refractivity contribution in [1.29, 1.82) is 0 Å². The lowest BCUT2D eigenvalue weighted by Gasteiger charge is -2.15. The Morgan fingerprint density at radius 3 is 0.968 bits per heavy atom. The molecule has 5 nitrogen and oxygen atoms in total. The first-order chi connectivity index (χ1) is 30.6. The van der Waals surface area contributed by atoms with Gasteiger partial charge in [-0.3, -0.25) is 9.59 Å². The lowest BCUT2D eigenvalue weighted by atomic mass is 10.0. The maximum absolute atomic E-state index is 12.3. The predicted octanol–water partition coefficient (Wildman–Crippen LogP) is 18.3. The molecule has 0 radical (unpaired) electrons. The van der Waals surface area contributed by atoms with Crippen molar-refractivity contribution in [3.05, 3.63) is 36.5 Å². The second-order valence-electron chi connectivity index (χ2n) is 18.7. The van der Waals surface area contributed by atoms with Crippen LogP contribution in [-0.4, -0.2) is 36.4 Å². The van der Waals surface area contributed by atoms with E-state index in [0.29, 0.717) is 12.8 Å². The number of unbranched alkanes of at least 4 members (excludes halogenated alkanes) is 37. The van der Waals surface area contributed by atoms with Crippen LogP contribution in [0.15, 0.2) is 36.5 Å². The Hall–Kier alpha value is -1.88. The van der Waals surface area contributed by atoms with E-state index in [1.54, 1.807) is 0 Å². The van der Waals surface area contributed by atoms with Crippen LogP contribution in [-0.2, 0) is 19.1 Å². The van der Waals surface area contributed by atoms with E-state index < -0.39 is 6.10 Å². The van der Waals surface area contributed by atoms with Gasteiger partial charge in [0.1, 0.15) is 6.61 Å². The quantitative estimate of drug-likeness (QED) is 0.0374. The molecule has 5 heteroatoms. The van der Waals surface area contributed by atoms with E-state index in [2.05, 4.69) is 50.3 Å². The highest BCUT2D eigenvalue weighted by Gasteiger charge is 2.16. The fraction of sp³-hybridized carbons (Fsp3) is 0.860. The first kappa shape index (κ1) is 60.1. The average molecular weight is 871 g/mol. The van der Waals surface area contributed by atoms with E-state index in [1.165, 1.54) is 218 Å². The molecule has 0 aliphatic rings. The molecule has 1 N–H and O–H groups in total. The molecular weight excluding hydrogens is 765 g/mol. The summed E-state index contributed by atoms with van der Waals surface area (Å²) in [6, 6.07) is 0. The van der Waals surface area contributed by atoms with Crippen LogP contribution < -0.4 is 0 Å². The van der Waals surface area contributed by atoms with Gasteiger partial charge in [-0.15, -0.1) is 0 Å². The van der Waals surface area contributed by atoms with Crippen LogP contribution in [0.1, 0.15) is 296 Å². The molecule has 0 saturated heterocycles. The second-order valence-corrected chi connectivity index (χ2v) is 18.7. The van der Waals surface area contributed by atoms with Crippen molar-refractivity contribution in [2.24, 2.45) is 0 Å². The van der Waals surface area contributed by atoms with Crippen molar-refractivity contribution in [2.45, 2.75) is 302 Å². The zero-order valence-electron chi connectivity index (χ0n) is 41.6. The fourth-order valence-corrected chi connectivity index (χ4v) is 8.27. The Balaban J connectivity index is 3.47. The third kappa shape index (κ3) is 50.8. The van der Waals surface area contributed by atoms with Gasteiger partial charge in [0.2, 0.25) is 0 Å². The molecule has 0 aromatic rings. The first-order valence-electron chi connectivity index (χ1n) is 27.5. The minimum atomic E-state index is -0.774. The van der Waals surface area contributed by atoms with E-state index in [4.69, 9.17) is 9.47 Å². The number of esters is 2. The molecule has 0 aliphatic heterocycles. The molecule has 0 aromatic carbocycles. The number of carbonyl (C=O) groups excluding carboxylic acids is 2. The number of hydrogen-bond acceptors (Lipinski definition) is 5. The normalized spacial score (nSPS) is 12.4. The van der Waals surface area contributed by atoms with E-state index in [-0.39, 0.29) is 25.2 Å². The van der Waals surface area contributed by atoms with Crippen LogP contribution in [0.4, 0.5) is 0 Å². The summed E-state index contributed by atoms with van der Waals surface area (Å²) in [4.78, 5) is 24.5. The molecule has 0 saturated carbocycles. The topological polar surface area (TPSA) is 72.8 Å². The summed E-state index contributed by atoms with van der Waals surface area (Å²) >= 11 is 0. The number of ether oxygens (including phenoxy) is 2. The van der Waals surface area contributed by atoms with Gasteiger partial charge in [0.25, 0.3) is 0 Å². The zero-order valence-corrected chi connectivity index (χ0v) is 41.6. The van der Waals surface area contributed by atoms with E-state index >= 15 is 0 Å². The second kappa shape index (κ2) is 53.5. The lowest BCUT2D eigenvalue weighted by Crippen LogP contribution is -2.28. The highest BCUT2D eigenvalue weighted by atomic mass is 16.6. The molecule has 364 valence electrons. The monoisotopic (exact) mass is 871 g/mol. The maximum atomic E-state index is 12.3. The van der Waals surface area contributed by atoms with Crippen LogP contribution in [0.5, 0.6) is 0 Å². The predicted molar refractivity (Wildman–Crippen MR) is 270 cm³/mol. The van der Waals surface area contributed by atoms with Gasteiger partial charge < -0.3 is 14.6 Å². The van der Waals surface area contributed by atoms with Gasteiger partial charge in [0, 0.05) is 12.8 Å². The molecule has 0 amide bonds. The molecule has 0 aromatic heterocycles. The standard InChI is InChI=1S/C57H106O5/c1-3-5-7-9-11-13-15-17-19-21-23-25-27-28-30-31-33-35-37-39-41-43-45-47-49-51-56(59)61-54-55(53-58)62-57(60)52-50-48-46-44-42-40-38-36-34-32-29-26-24-22-20-18-16-14-12-10-8-6-4-2/h16,18,22,24,29,32,55,58H,3-15,17,19-21,23,25-28,30-31,33-54H2,1-2H3/b18-16-,24-22-,32-29-. The summed E-state index contributed by atoms with van der Waals surface area (Å²) in [7, 11) is 0. The van der Waals surface area contributed by atoms with Gasteiger partial charge in [-0.2, -0.15) is 0 Å². The molecule has 0 spiro atoms. The van der Waals surface area contributed by atoms with Gasteiger partial charge in [0.15, 0.2) is 6.10 Å². The molecule has 0 bridgehead atoms. The fourth-order valence-electron chi connectivity index (χ4n) is 8.27. The van der Waals surface area contributed by atoms with Gasteiger partial charge >= 0.3 is 11.9 Å². The van der Waals surface area contributed by atoms with E-state index in [0.717, 1.165) is 51.4 Å². The van der Waals surface area contributed by atoms with Gasteiger partial charge in [-0.1, -0.05) is 269 Å². The van der Waals surface area contributed by atoms with Crippen molar-refractivity contribution < 1.29 is 24.2 Å². The summed E-state index contributed by atoms with van der Waals surface area (Å²) in [5.41, 5.74) is 0. The van der Waals surface area contributed by atoms with Gasteiger partial charge in [-0.25, -0.2) is 0 Å². The summed E-state index contributed by atoms with van der Waals surface area (Å²) in [6.45, 7) is 4.17. The molecule has 0 heterocycles. The summed E-state index contributed by atoms with van der Waals surface area (Å²) in [6.07, 6.45) is 68.2. The molecule has 0 fully saturated rings. The van der Waals surface area contributed by atoms with Crippen LogP contribution in [0.3, 0.4) is 0 Å². The number of rotatable bonds is 51. The third-order valence-corrected chi connectivity index (χ3v) is 12.4. The van der Waals surface area contributed by atoms with Crippen LogP contribution in [0.25, 0.3) is 0 Å². The van der Waals surface area contributed by atoms with Gasteiger partial charge in [-0.05, 0) is 51.4 Å². The smallest absolute Gasteiger partial charge is 0.306 e. The number of allylic oxidation sites excluding steroid dienone is 6. The Bertz CT molecular complexity index is 986. The molecule has 62 heavy (non-hydrogen) atoms. The van der Waals surface area contributed by atoms with Crippen molar-refractivity contribution in [2.75, 3.05) is 13.2 Å².